The lowest BCUT2D eigenvalue weighted by Gasteiger charge is -2.29. The van der Waals surface area contributed by atoms with Crippen LogP contribution in [0.3, 0.4) is 0 Å². The Bertz CT molecular complexity index is 658. The maximum atomic E-state index is 12.0. The smallest absolute Gasteiger partial charge is 0.339 e. The van der Waals surface area contributed by atoms with Crippen molar-refractivity contribution in [2.45, 2.75) is 5.92 Å². The van der Waals surface area contributed by atoms with Crippen molar-refractivity contribution >= 4 is 12.2 Å². The van der Waals surface area contributed by atoms with Crippen LogP contribution >= 0.6 is 0 Å². The average Bonchev–Trinajstić information content (AvgIpc) is 2.50. The largest absolute Gasteiger partial charge is 0.465 e. The fraction of sp³-hybridized carbons (Fsp3) is 0.267. The molecule has 0 bridgehead atoms. The normalized spacial score (nSPS) is 18.6. The van der Waals surface area contributed by atoms with E-state index in [0.717, 1.165) is 0 Å². The summed E-state index contributed by atoms with van der Waals surface area (Å²) in [4.78, 5) is 15.9. The lowest BCUT2D eigenvalue weighted by atomic mass is 9.80. The molecule has 1 aliphatic rings. The van der Waals surface area contributed by atoms with E-state index in [1.54, 1.807) is 25.2 Å². The predicted octanol–water partition coefficient (Wildman–Crippen LogP) is 1.35. The van der Waals surface area contributed by atoms with E-state index < -0.39 is 17.8 Å². The highest BCUT2D eigenvalue weighted by molar-refractivity contribution is 5.92. The number of para-hydroxylation sites is 1. The Morgan fingerprint density at radius 3 is 2.90 bits per heavy atom. The zero-order valence-electron chi connectivity index (χ0n) is 11.7. The Kier molecular flexibility index (Phi) is 4.24. The number of aliphatic imine (C=N–C) groups is 1. The number of esters is 1. The molecule has 1 aromatic carbocycles. The van der Waals surface area contributed by atoms with Crippen LogP contribution in [-0.4, -0.2) is 26.3 Å². The quantitative estimate of drug-likeness (QED) is 0.667. The van der Waals surface area contributed by atoms with Crippen LogP contribution in [0.1, 0.15) is 11.5 Å². The lowest BCUT2D eigenvalue weighted by molar-refractivity contribution is -0.136. The van der Waals surface area contributed by atoms with Crippen molar-refractivity contribution in [1.82, 2.24) is 0 Å². The van der Waals surface area contributed by atoms with Crippen LogP contribution in [0.2, 0.25) is 0 Å². The number of methoxy groups -OCH3 is 1. The molecule has 2 unspecified atom stereocenters. The van der Waals surface area contributed by atoms with Crippen molar-refractivity contribution in [2.75, 3.05) is 14.2 Å². The van der Waals surface area contributed by atoms with E-state index in [0.29, 0.717) is 11.3 Å². The number of hydrogen-bond donors (Lipinski definition) is 1. The highest BCUT2D eigenvalue weighted by Gasteiger charge is 2.38. The van der Waals surface area contributed by atoms with E-state index in [1.807, 2.05) is 6.07 Å². The van der Waals surface area contributed by atoms with Crippen molar-refractivity contribution in [2.24, 2.45) is 16.6 Å². The minimum absolute atomic E-state index is 0.0460. The average molecular weight is 285 g/mol. The highest BCUT2D eigenvalue weighted by Crippen LogP contribution is 2.42. The Morgan fingerprint density at radius 1 is 1.57 bits per heavy atom. The van der Waals surface area contributed by atoms with Gasteiger partial charge in [0, 0.05) is 24.7 Å². The van der Waals surface area contributed by atoms with Gasteiger partial charge in [0.2, 0.25) is 5.88 Å². The first-order valence-electron chi connectivity index (χ1n) is 6.30. The molecule has 0 saturated heterocycles. The van der Waals surface area contributed by atoms with E-state index in [2.05, 4.69) is 11.1 Å². The van der Waals surface area contributed by atoms with Gasteiger partial charge in [-0.25, -0.2) is 4.79 Å². The number of benzene rings is 1. The zero-order chi connectivity index (χ0) is 15.4. The van der Waals surface area contributed by atoms with Gasteiger partial charge in [0.25, 0.3) is 0 Å². The van der Waals surface area contributed by atoms with Gasteiger partial charge in [0.15, 0.2) is 0 Å². The Labute approximate surface area is 122 Å². The summed E-state index contributed by atoms with van der Waals surface area (Å²) in [6.07, 6.45) is 1.49. The van der Waals surface area contributed by atoms with E-state index in [4.69, 9.17) is 15.2 Å². The molecule has 0 amide bonds. The van der Waals surface area contributed by atoms with Crippen molar-refractivity contribution in [1.29, 1.82) is 5.26 Å². The number of nitrogens with zero attached hydrogens (tertiary/aromatic N) is 2. The molecule has 0 spiro atoms. The summed E-state index contributed by atoms with van der Waals surface area (Å²) in [7, 11) is 2.83. The van der Waals surface area contributed by atoms with Gasteiger partial charge in [-0.2, -0.15) is 5.26 Å². The molecule has 6 nitrogen and oxygen atoms in total. The van der Waals surface area contributed by atoms with Crippen LogP contribution in [0.25, 0.3) is 0 Å². The second-order valence-electron chi connectivity index (χ2n) is 4.45. The van der Waals surface area contributed by atoms with E-state index in [9.17, 15) is 10.1 Å². The van der Waals surface area contributed by atoms with Gasteiger partial charge in [-0.05, 0) is 6.07 Å². The standard InChI is InChI=1S/C15H15N3O3/c1-18-8-9(7-16)12-10-5-3-4-6-11(10)21-14(17)13(12)15(19)20-2/h3-6,8-9,12H,17H2,1-2H3. The molecule has 0 aromatic heterocycles. The SMILES string of the molecule is CN=CC(C#N)C1C(C(=O)OC)=C(N)Oc2ccccc21. The molecular formula is C15H15N3O3. The summed E-state index contributed by atoms with van der Waals surface area (Å²) in [6.45, 7) is 0. The summed E-state index contributed by atoms with van der Waals surface area (Å²) < 4.78 is 10.2. The molecule has 0 saturated carbocycles. The number of carbonyl (C=O) groups is 1. The summed E-state index contributed by atoms with van der Waals surface area (Å²) in [5, 5.41) is 9.40. The number of carbonyl (C=O) groups excluding carboxylic acids is 1. The second-order valence-corrected chi connectivity index (χ2v) is 4.45. The van der Waals surface area contributed by atoms with Gasteiger partial charge < -0.3 is 15.2 Å². The summed E-state index contributed by atoms with van der Waals surface area (Å²) in [5.74, 6) is -1.35. The van der Waals surface area contributed by atoms with Crippen LogP contribution in [-0.2, 0) is 9.53 Å². The van der Waals surface area contributed by atoms with Crippen LogP contribution in [0, 0.1) is 17.2 Å². The number of nitriles is 1. The maximum absolute atomic E-state index is 12.0. The first-order valence-corrected chi connectivity index (χ1v) is 6.30. The molecular weight excluding hydrogens is 270 g/mol. The van der Waals surface area contributed by atoms with Gasteiger partial charge in [0.1, 0.15) is 11.3 Å². The molecule has 0 fully saturated rings. The molecule has 0 aliphatic carbocycles. The third kappa shape index (κ3) is 2.58. The fourth-order valence-electron chi connectivity index (χ4n) is 2.38. The molecule has 21 heavy (non-hydrogen) atoms. The van der Waals surface area contributed by atoms with Crippen LogP contribution in [0.5, 0.6) is 5.75 Å². The van der Waals surface area contributed by atoms with Crippen LogP contribution in [0.15, 0.2) is 40.7 Å². The molecule has 0 radical (unpaired) electrons. The summed E-state index contributed by atoms with van der Waals surface area (Å²) in [5.41, 5.74) is 6.70. The fourth-order valence-corrected chi connectivity index (χ4v) is 2.38. The Hall–Kier alpha value is -2.81. The van der Waals surface area contributed by atoms with Gasteiger partial charge >= 0.3 is 5.97 Å². The van der Waals surface area contributed by atoms with Gasteiger partial charge in [-0.1, -0.05) is 18.2 Å². The molecule has 2 N–H and O–H groups in total. The minimum Gasteiger partial charge on any atom is -0.465 e. The van der Waals surface area contributed by atoms with Crippen molar-refractivity contribution in [3.05, 3.63) is 41.3 Å². The first-order chi connectivity index (χ1) is 10.1. The second kappa shape index (κ2) is 6.09. The zero-order valence-corrected chi connectivity index (χ0v) is 11.7. The number of fused-ring (bicyclic) bond motifs is 1. The number of ether oxygens (including phenoxy) is 2. The van der Waals surface area contributed by atoms with Crippen molar-refractivity contribution in [3.63, 3.8) is 0 Å². The molecule has 2 atom stereocenters. The third-order valence-electron chi connectivity index (χ3n) is 3.27. The number of rotatable bonds is 3. The van der Waals surface area contributed by atoms with E-state index in [1.165, 1.54) is 13.3 Å². The van der Waals surface area contributed by atoms with E-state index in [-0.39, 0.29) is 11.5 Å². The monoisotopic (exact) mass is 285 g/mol. The van der Waals surface area contributed by atoms with Gasteiger partial charge in [-0.3, -0.25) is 4.99 Å². The molecule has 2 rings (SSSR count). The van der Waals surface area contributed by atoms with Gasteiger partial charge in [0.05, 0.1) is 19.1 Å². The third-order valence-corrected chi connectivity index (χ3v) is 3.27. The molecule has 1 aliphatic heterocycles. The Balaban J connectivity index is 2.63. The van der Waals surface area contributed by atoms with Crippen LogP contribution < -0.4 is 10.5 Å². The maximum Gasteiger partial charge on any atom is 0.339 e. The lowest BCUT2D eigenvalue weighted by Crippen LogP contribution is -2.30. The van der Waals surface area contributed by atoms with E-state index >= 15 is 0 Å². The van der Waals surface area contributed by atoms with Crippen LogP contribution in [0.4, 0.5) is 0 Å². The molecule has 1 aromatic rings. The number of nitrogens with two attached hydrogens (primary N) is 1. The number of hydrogen-bond acceptors (Lipinski definition) is 6. The Morgan fingerprint density at radius 2 is 2.29 bits per heavy atom. The summed E-state index contributed by atoms with van der Waals surface area (Å²) in [6, 6.07) is 9.27. The predicted molar refractivity (Wildman–Crippen MR) is 76.6 cm³/mol. The van der Waals surface area contributed by atoms with Gasteiger partial charge in [-0.15, -0.1) is 0 Å². The molecule has 1 heterocycles. The highest BCUT2D eigenvalue weighted by atomic mass is 16.5. The topological polar surface area (TPSA) is 97.7 Å². The first kappa shape index (κ1) is 14.6. The molecule has 6 heteroatoms. The minimum atomic E-state index is -0.646. The molecule has 108 valence electrons. The van der Waals surface area contributed by atoms with Crippen molar-refractivity contribution in [3.8, 4) is 11.8 Å². The van der Waals surface area contributed by atoms with Crippen molar-refractivity contribution < 1.29 is 14.3 Å². The summed E-state index contributed by atoms with van der Waals surface area (Å²) >= 11 is 0.